The Balaban J connectivity index is 2.74. The maximum atomic E-state index is 12.1. The van der Waals surface area contributed by atoms with Crippen LogP contribution in [0.15, 0.2) is 24.3 Å². The second kappa shape index (κ2) is 4.09. The fourth-order valence-electron chi connectivity index (χ4n) is 0.997. The predicted molar refractivity (Wildman–Crippen MR) is 42.0 cm³/mol. The molecule has 0 aliphatic rings. The third kappa shape index (κ3) is 2.31. The Hall–Kier alpha value is -0.890. The maximum absolute atomic E-state index is 12.1. The van der Waals surface area contributed by atoms with E-state index in [4.69, 9.17) is 5.11 Å². The summed E-state index contributed by atoms with van der Waals surface area (Å²) >= 11 is 0. The first-order valence-electron chi connectivity index (χ1n) is 3.61. The molecular weight excluding hydrogens is 143 g/mol. The molecule has 2 heteroatoms. The van der Waals surface area contributed by atoms with E-state index in [2.05, 4.69) is 0 Å². The van der Waals surface area contributed by atoms with Gasteiger partial charge in [0.25, 0.3) is 0 Å². The Labute approximate surface area is 65.5 Å². The molecule has 0 unspecified atom stereocenters. The molecule has 1 aromatic carbocycles. The molecule has 1 aromatic rings. The van der Waals surface area contributed by atoms with Crippen molar-refractivity contribution in [2.45, 2.75) is 13.1 Å². The number of hydrogen-bond donors (Lipinski definition) is 1. The van der Waals surface area contributed by atoms with Crippen LogP contribution in [-0.4, -0.2) is 11.7 Å². The third-order valence-corrected chi connectivity index (χ3v) is 1.55. The van der Waals surface area contributed by atoms with E-state index in [-0.39, 0.29) is 6.61 Å². The third-order valence-electron chi connectivity index (χ3n) is 1.55. The number of aliphatic hydroxyl groups excluding tert-OH is 1. The number of hydrogen-bond acceptors (Lipinski definition) is 1. The molecule has 0 saturated heterocycles. The van der Waals surface area contributed by atoms with Crippen molar-refractivity contribution >= 4 is 0 Å². The molecule has 1 nitrogen and oxygen atoms in total. The highest BCUT2D eigenvalue weighted by molar-refractivity contribution is 5.22. The number of halogens is 1. The summed E-state index contributed by atoms with van der Waals surface area (Å²) in [5.41, 5.74) is 1.67. The first-order chi connectivity index (χ1) is 5.36. The van der Waals surface area contributed by atoms with Crippen molar-refractivity contribution in [3.05, 3.63) is 35.4 Å². The summed E-state index contributed by atoms with van der Waals surface area (Å²) in [5, 5.41) is 8.59. The van der Waals surface area contributed by atoms with Gasteiger partial charge < -0.3 is 5.11 Å². The molecule has 1 rings (SSSR count). The fraction of sp³-hybridized carbons (Fsp3) is 0.333. The van der Waals surface area contributed by atoms with E-state index in [1.165, 1.54) is 0 Å². The number of rotatable bonds is 3. The van der Waals surface area contributed by atoms with Crippen molar-refractivity contribution in [3.8, 4) is 0 Å². The average molecular weight is 154 g/mol. The molecule has 0 atom stereocenters. The van der Waals surface area contributed by atoms with Crippen LogP contribution in [0.5, 0.6) is 0 Å². The summed E-state index contributed by atoms with van der Waals surface area (Å²) in [6, 6.07) is 7.20. The SMILES string of the molecule is OCCc1cccc(CF)c1. The Morgan fingerprint density at radius 2 is 2.00 bits per heavy atom. The van der Waals surface area contributed by atoms with Gasteiger partial charge in [0.2, 0.25) is 0 Å². The van der Waals surface area contributed by atoms with Crippen LogP contribution in [0, 0.1) is 0 Å². The Bertz CT molecular complexity index is 223. The summed E-state index contributed by atoms with van der Waals surface area (Å²) in [7, 11) is 0. The Morgan fingerprint density at radius 3 is 2.64 bits per heavy atom. The van der Waals surface area contributed by atoms with Crippen LogP contribution < -0.4 is 0 Å². The Morgan fingerprint density at radius 1 is 1.27 bits per heavy atom. The van der Waals surface area contributed by atoms with E-state index in [0.29, 0.717) is 12.0 Å². The predicted octanol–water partition coefficient (Wildman–Crippen LogP) is 1.69. The summed E-state index contributed by atoms with van der Waals surface area (Å²) in [6.45, 7) is -0.311. The lowest BCUT2D eigenvalue weighted by molar-refractivity contribution is 0.299. The molecule has 0 amide bonds. The highest BCUT2D eigenvalue weighted by Gasteiger charge is 1.93. The fourth-order valence-corrected chi connectivity index (χ4v) is 0.997. The summed E-state index contributed by atoms with van der Waals surface area (Å²) in [4.78, 5) is 0. The summed E-state index contributed by atoms with van der Waals surface area (Å²) in [6.07, 6.45) is 0.605. The normalized spacial score (nSPS) is 10.0. The van der Waals surface area contributed by atoms with Gasteiger partial charge in [-0.1, -0.05) is 24.3 Å². The molecule has 0 saturated carbocycles. The zero-order valence-corrected chi connectivity index (χ0v) is 6.26. The first kappa shape index (κ1) is 8.21. The highest BCUT2D eigenvalue weighted by Crippen LogP contribution is 2.06. The van der Waals surface area contributed by atoms with Crippen LogP contribution in [0.2, 0.25) is 0 Å². The van der Waals surface area contributed by atoms with Gasteiger partial charge >= 0.3 is 0 Å². The minimum absolute atomic E-state index is 0.121. The minimum Gasteiger partial charge on any atom is -0.396 e. The lowest BCUT2D eigenvalue weighted by Crippen LogP contribution is -1.91. The molecule has 60 valence electrons. The van der Waals surface area contributed by atoms with Crippen LogP contribution in [0.4, 0.5) is 4.39 Å². The van der Waals surface area contributed by atoms with Crippen molar-refractivity contribution in [3.63, 3.8) is 0 Å². The molecule has 0 radical (unpaired) electrons. The lowest BCUT2D eigenvalue weighted by atomic mass is 10.1. The summed E-state index contributed by atoms with van der Waals surface area (Å²) in [5.74, 6) is 0. The van der Waals surface area contributed by atoms with Crippen molar-refractivity contribution in [1.29, 1.82) is 0 Å². The van der Waals surface area contributed by atoms with E-state index < -0.39 is 6.67 Å². The van der Waals surface area contributed by atoms with Crippen molar-refractivity contribution in [1.82, 2.24) is 0 Å². The first-order valence-corrected chi connectivity index (χ1v) is 3.61. The smallest absolute Gasteiger partial charge is 0.115 e. The zero-order valence-electron chi connectivity index (χ0n) is 6.26. The standard InChI is InChI=1S/C9H11FO/c10-7-9-3-1-2-8(6-9)4-5-11/h1-3,6,11H,4-5,7H2. The van der Waals surface area contributed by atoms with E-state index >= 15 is 0 Å². The molecule has 0 spiro atoms. The maximum Gasteiger partial charge on any atom is 0.115 e. The van der Waals surface area contributed by atoms with Gasteiger partial charge in [-0.05, 0) is 17.5 Å². The van der Waals surface area contributed by atoms with Crippen LogP contribution in [0.1, 0.15) is 11.1 Å². The summed E-state index contributed by atoms with van der Waals surface area (Å²) < 4.78 is 12.1. The number of alkyl halides is 1. The zero-order chi connectivity index (χ0) is 8.10. The van der Waals surface area contributed by atoms with E-state index in [1.54, 1.807) is 18.2 Å². The number of aliphatic hydroxyl groups is 1. The van der Waals surface area contributed by atoms with Gasteiger partial charge in [0.15, 0.2) is 0 Å². The molecule has 11 heavy (non-hydrogen) atoms. The van der Waals surface area contributed by atoms with Crippen molar-refractivity contribution in [2.24, 2.45) is 0 Å². The lowest BCUT2D eigenvalue weighted by Gasteiger charge is -1.99. The Kier molecular flexibility index (Phi) is 3.05. The molecule has 1 N–H and O–H groups in total. The van der Waals surface area contributed by atoms with Gasteiger partial charge in [-0.15, -0.1) is 0 Å². The van der Waals surface area contributed by atoms with Gasteiger partial charge in [0, 0.05) is 6.61 Å². The number of benzene rings is 1. The van der Waals surface area contributed by atoms with Crippen molar-refractivity contribution in [2.75, 3.05) is 6.61 Å². The van der Waals surface area contributed by atoms with Crippen LogP contribution >= 0.6 is 0 Å². The van der Waals surface area contributed by atoms with Crippen molar-refractivity contribution < 1.29 is 9.50 Å². The van der Waals surface area contributed by atoms with E-state index in [9.17, 15) is 4.39 Å². The monoisotopic (exact) mass is 154 g/mol. The molecule has 0 fully saturated rings. The van der Waals surface area contributed by atoms with Crippen LogP contribution in [0.25, 0.3) is 0 Å². The molecule has 0 heterocycles. The quantitative estimate of drug-likeness (QED) is 0.702. The van der Waals surface area contributed by atoms with Gasteiger partial charge in [0.1, 0.15) is 6.67 Å². The van der Waals surface area contributed by atoms with Gasteiger partial charge in [-0.3, -0.25) is 0 Å². The van der Waals surface area contributed by atoms with E-state index in [1.807, 2.05) is 6.07 Å². The average Bonchev–Trinajstić information content (AvgIpc) is 2.06. The molecule has 0 aliphatic heterocycles. The molecular formula is C9H11FO. The van der Waals surface area contributed by atoms with E-state index in [0.717, 1.165) is 5.56 Å². The molecule has 0 bridgehead atoms. The largest absolute Gasteiger partial charge is 0.396 e. The van der Waals surface area contributed by atoms with Gasteiger partial charge in [-0.25, -0.2) is 4.39 Å². The molecule has 0 aromatic heterocycles. The van der Waals surface area contributed by atoms with Crippen LogP contribution in [-0.2, 0) is 13.1 Å². The topological polar surface area (TPSA) is 20.2 Å². The highest BCUT2D eigenvalue weighted by atomic mass is 19.1. The molecule has 0 aliphatic carbocycles. The minimum atomic E-state index is -0.431. The second-order valence-corrected chi connectivity index (χ2v) is 2.43. The second-order valence-electron chi connectivity index (χ2n) is 2.43. The van der Waals surface area contributed by atoms with Gasteiger partial charge in [-0.2, -0.15) is 0 Å². The van der Waals surface area contributed by atoms with Gasteiger partial charge in [0.05, 0.1) is 0 Å². The van der Waals surface area contributed by atoms with Crippen LogP contribution in [0.3, 0.4) is 0 Å².